The van der Waals surface area contributed by atoms with E-state index in [0.29, 0.717) is 30.9 Å². The Morgan fingerprint density at radius 1 is 0.969 bits per heavy atom. The fourth-order valence-electron chi connectivity index (χ4n) is 2.99. The van der Waals surface area contributed by atoms with Crippen LogP contribution in [-0.2, 0) is 26.2 Å². The van der Waals surface area contributed by atoms with Gasteiger partial charge in [0, 0.05) is 26.6 Å². The molecule has 0 atom stereocenters. The Bertz CT molecular complexity index is 988. The topological polar surface area (TPSA) is 91.4 Å². The molecule has 2 aromatic carbocycles. The van der Waals surface area contributed by atoms with Crippen molar-refractivity contribution in [2.75, 3.05) is 34.5 Å². The Kier molecular flexibility index (Phi) is 9.34. The minimum absolute atomic E-state index is 0.00110. The van der Waals surface area contributed by atoms with Gasteiger partial charge < -0.3 is 23.3 Å². The maximum Gasteiger partial charge on any atom is 0.339 e. The molecule has 0 fully saturated rings. The molecule has 0 unspecified atom stereocenters. The predicted octanol–water partition coefficient (Wildman–Crippen LogP) is 3.49. The van der Waals surface area contributed by atoms with Gasteiger partial charge in [-0.2, -0.15) is 8.42 Å². The Labute approximate surface area is 190 Å². The summed E-state index contributed by atoms with van der Waals surface area (Å²) < 4.78 is 46.4. The van der Waals surface area contributed by atoms with Gasteiger partial charge in [0.25, 0.3) is 0 Å². The van der Waals surface area contributed by atoms with E-state index < -0.39 is 10.1 Å². The smallest absolute Gasteiger partial charge is 0.339 e. The average Bonchev–Trinajstić information content (AvgIpc) is 2.76. The van der Waals surface area contributed by atoms with Crippen molar-refractivity contribution >= 4 is 16.0 Å². The van der Waals surface area contributed by atoms with Crippen LogP contribution in [0, 0.1) is 5.92 Å². The maximum atomic E-state index is 12.8. The van der Waals surface area contributed by atoms with Gasteiger partial charge in [0.1, 0.15) is 10.6 Å². The molecule has 1 amide bonds. The first-order chi connectivity index (χ1) is 15.2. The van der Waals surface area contributed by atoms with Crippen LogP contribution in [0.5, 0.6) is 17.2 Å². The molecule has 0 radical (unpaired) electrons. The molecule has 0 aliphatic heterocycles. The second kappa shape index (κ2) is 11.7. The van der Waals surface area contributed by atoms with Gasteiger partial charge in [-0.15, -0.1) is 0 Å². The third-order valence-corrected chi connectivity index (χ3v) is 5.90. The van der Waals surface area contributed by atoms with Crippen LogP contribution >= 0.6 is 0 Å². The first-order valence-corrected chi connectivity index (χ1v) is 11.6. The summed E-state index contributed by atoms with van der Waals surface area (Å²) in [4.78, 5) is 14.3. The summed E-state index contributed by atoms with van der Waals surface area (Å²) in [5, 5.41) is 0. The molecule has 0 aliphatic carbocycles. The first kappa shape index (κ1) is 25.5. The molecule has 0 N–H and O–H groups in total. The largest absolute Gasteiger partial charge is 0.497 e. The van der Waals surface area contributed by atoms with Crippen molar-refractivity contribution < 1.29 is 31.6 Å². The van der Waals surface area contributed by atoms with Gasteiger partial charge in [0.2, 0.25) is 5.91 Å². The van der Waals surface area contributed by atoms with E-state index in [1.54, 1.807) is 30.2 Å². The molecular weight excluding hydrogens is 434 g/mol. The van der Waals surface area contributed by atoms with Crippen LogP contribution in [0.3, 0.4) is 0 Å². The molecule has 0 bridgehead atoms. The lowest BCUT2D eigenvalue weighted by Crippen LogP contribution is -2.34. The van der Waals surface area contributed by atoms with E-state index >= 15 is 0 Å². The zero-order valence-corrected chi connectivity index (χ0v) is 20.0. The summed E-state index contributed by atoms with van der Waals surface area (Å²) in [6.45, 7) is 5.08. The summed E-state index contributed by atoms with van der Waals surface area (Å²) in [7, 11) is 0.407. The van der Waals surface area contributed by atoms with Gasteiger partial charge >= 0.3 is 10.1 Å². The van der Waals surface area contributed by atoms with Gasteiger partial charge in [-0.05, 0) is 47.9 Å². The number of amides is 1. The predicted molar refractivity (Wildman–Crippen MR) is 121 cm³/mol. The average molecular weight is 466 g/mol. The fourth-order valence-corrected chi connectivity index (χ4v) is 3.92. The van der Waals surface area contributed by atoms with E-state index in [2.05, 4.69) is 0 Å². The summed E-state index contributed by atoms with van der Waals surface area (Å²) in [6, 6.07) is 10.9. The van der Waals surface area contributed by atoms with Crippen LogP contribution in [0.4, 0.5) is 0 Å². The highest BCUT2D eigenvalue weighted by molar-refractivity contribution is 7.87. The van der Waals surface area contributed by atoms with Crippen LogP contribution in [0.1, 0.15) is 25.8 Å². The highest BCUT2D eigenvalue weighted by Crippen LogP contribution is 2.31. The number of ether oxygens (including phenoxy) is 3. The van der Waals surface area contributed by atoms with Crippen molar-refractivity contribution in [3.8, 4) is 17.2 Å². The molecule has 2 aromatic rings. The van der Waals surface area contributed by atoms with E-state index in [1.807, 2.05) is 13.8 Å². The lowest BCUT2D eigenvalue weighted by Gasteiger charge is -2.24. The Morgan fingerprint density at radius 2 is 1.66 bits per heavy atom. The van der Waals surface area contributed by atoms with Gasteiger partial charge in [0.15, 0.2) is 11.5 Å². The van der Waals surface area contributed by atoms with Crippen molar-refractivity contribution in [1.82, 2.24) is 4.90 Å². The lowest BCUT2D eigenvalue weighted by molar-refractivity contribution is -0.133. The number of hydrogen-bond donors (Lipinski definition) is 0. The molecule has 32 heavy (non-hydrogen) atoms. The van der Waals surface area contributed by atoms with Crippen LogP contribution in [0.2, 0.25) is 0 Å². The third-order valence-electron chi connectivity index (χ3n) is 4.65. The SMILES string of the molecule is COCCN(Cc1ccc(OC)c(OS(=O)(=O)c2ccc(OC)cc2)c1)C(=O)CC(C)C. The molecule has 0 saturated carbocycles. The van der Waals surface area contributed by atoms with E-state index in [1.165, 1.54) is 38.5 Å². The van der Waals surface area contributed by atoms with Crippen molar-refractivity contribution in [3.05, 3.63) is 48.0 Å². The quantitative estimate of drug-likeness (QED) is 0.443. The molecule has 0 aromatic heterocycles. The van der Waals surface area contributed by atoms with Crippen molar-refractivity contribution in [2.45, 2.75) is 31.7 Å². The van der Waals surface area contributed by atoms with Gasteiger partial charge in [-0.25, -0.2) is 0 Å². The van der Waals surface area contributed by atoms with Gasteiger partial charge in [-0.1, -0.05) is 19.9 Å². The second-order valence-electron chi connectivity index (χ2n) is 7.60. The molecule has 0 aliphatic rings. The van der Waals surface area contributed by atoms with Crippen molar-refractivity contribution in [3.63, 3.8) is 0 Å². The Balaban J connectivity index is 2.29. The number of carbonyl (C=O) groups is 1. The van der Waals surface area contributed by atoms with E-state index in [9.17, 15) is 13.2 Å². The van der Waals surface area contributed by atoms with Crippen LogP contribution in [0.15, 0.2) is 47.4 Å². The summed E-state index contributed by atoms with van der Waals surface area (Å²) in [6.07, 6.45) is 0.412. The standard InChI is InChI=1S/C23H31NO7S/c1-17(2)14-23(25)24(12-13-28-3)16-18-6-11-21(30-5)22(15-18)31-32(26,27)20-9-7-19(29-4)8-10-20/h6-11,15,17H,12-14,16H2,1-5H3. The summed E-state index contributed by atoms with van der Waals surface area (Å²) >= 11 is 0. The Hall–Kier alpha value is -2.78. The number of rotatable bonds is 12. The second-order valence-corrected chi connectivity index (χ2v) is 9.15. The van der Waals surface area contributed by atoms with Crippen LogP contribution < -0.4 is 13.7 Å². The zero-order chi connectivity index (χ0) is 23.7. The summed E-state index contributed by atoms with van der Waals surface area (Å²) in [5.74, 6) is 1.07. The lowest BCUT2D eigenvalue weighted by atomic mass is 10.1. The number of nitrogens with zero attached hydrogens (tertiary/aromatic N) is 1. The summed E-state index contributed by atoms with van der Waals surface area (Å²) in [5.41, 5.74) is 0.707. The zero-order valence-electron chi connectivity index (χ0n) is 19.2. The highest BCUT2D eigenvalue weighted by Gasteiger charge is 2.21. The number of methoxy groups -OCH3 is 3. The number of hydrogen-bond acceptors (Lipinski definition) is 7. The van der Waals surface area contributed by atoms with Crippen LogP contribution in [-0.4, -0.2) is 53.7 Å². The fraction of sp³-hybridized carbons (Fsp3) is 0.435. The maximum absolute atomic E-state index is 12.8. The van der Waals surface area contributed by atoms with Gasteiger partial charge in [-0.3, -0.25) is 4.79 Å². The molecular formula is C23H31NO7S. The molecule has 2 rings (SSSR count). The van der Waals surface area contributed by atoms with Gasteiger partial charge in [0.05, 0.1) is 20.8 Å². The van der Waals surface area contributed by atoms with Crippen molar-refractivity contribution in [2.24, 2.45) is 5.92 Å². The molecule has 0 saturated heterocycles. The van der Waals surface area contributed by atoms with E-state index in [0.717, 1.165) is 0 Å². The van der Waals surface area contributed by atoms with Crippen LogP contribution in [0.25, 0.3) is 0 Å². The Morgan fingerprint density at radius 3 is 2.22 bits per heavy atom. The molecule has 0 spiro atoms. The number of carbonyl (C=O) groups excluding carboxylic acids is 1. The molecule has 176 valence electrons. The van der Waals surface area contributed by atoms with E-state index in [-0.39, 0.29) is 34.8 Å². The minimum Gasteiger partial charge on any atom is -0.497 e. The normalized spacial score (nSPS) is 11.3. The van der Waals surface area contributed by atoms with Crippen molar-refractivity contribution in [1.29, 1.82) is 0 Å². The van der Waals surface area contributed by atoms with E-state index in [4.69, 9.17) is 18.4 Å². The third kappa shape index (κ3) is 7.13. The molecule has 9 heteroatoms. The monoisotopic (exact) mass is 465 g/mol. The first-order valence-electron chi connectivity index (χ1n) is 10.2. The molecule has 0 heterocycles. The highest BCUT2D eigenvalue weighted by atomic mass is 32.2. The molecule has 8 nitrogen and oxygen atoms in total. The number of benzene rings is 2. The minimum atomic E-state index is -4.10.